The number of carboxylic acids is 1. The summed E-state index contributed by atoms with van der Waals surface area (Å²) in [6, 6.07) is -0.0789. The Bertz CT molecular complexity index is 340. The lowest BCUT2D eigenvalue weighted by Crippen LogP contribution is -2.47. The topological polar surface area (TPSA) is 69.6 Å². The molecule has 0 aromatic heterocycles. The lowest BCUT2D eigenvalue weighted by atomic mass is 9.92. The number of rotatable bonds is 5. The van der Waals surface area contributed by atoms with Gasteiger partial charge in [-0.05, 0) is 30.6 Å². The average molecular weight is 270 g/mol. The first-order valence-corrected chi connectivity index (χ1v) is 6.97. The van der Waals surface area contributed by atoms with Crippen molar-refractivity contribution in [1.29, 1.82) is 0 Å². The first-order valence-electron chi connectivity index (χ1n) is 6.97. The van der Waals surface area contributed by atoms with Gasteiger partial charge in [0, 0.05) is 12.6 Å². The van der Waals surface area contributed by atoms with Crippen LogP contribution in [-0.2, 0) is 4.79 Å². The van der Waals surface area contributed by atoms with E-state index in [1.54, 1.807) is 0 Å². The summed E-state index contributed by atoms with van der Waals surface area (Å²) < 4.78 is 0. The molecule has 1 unspecified atom stereocenters. The number of carbonyl (C=O) groups is 2. The minimum absolute atomic E-state index is 0.172. The molecule has 0 bridgehead atoms. The Morgan fingerprint density at radius 1 is 1.42 bits per heavy atom. The van der Waals surface area contributed by atoms with E-state index >= 15 is 0 Å². The Labute approximate surface area is 115 Å². The Morgan fingerprint density at radius 3 is 2.47 bits per heavy atom. The number of amides is 2. The van der Waals surface area contributed by atoms with Gasteiger partial charge in [0.1, 0.15) is 6.54 Å². The minimum atomic E-state index is -0.970. The molecule has 0 aromatic carbocycles. The van der Waals surface area contributed by atoms with Crippen LogP contribution in [0.5, 0.6) is 0 Å². The van der Waals surface area contributed by atoms with E-state index in [0.717, 1.165) is 19.3 Å². The summed E-state index contributed by atoms with van der Waals surface area (Å²) in [6.45, 7) is 8.57. The third-order valence-corrected chi connectivity index (χ3v) is 3.50. The highest BCUT2D eigenvalue weighted by atomic mass is 16.4. The van der Waals surface area contributed by atoms with Crippen molar-refractivity contribution in [3.05, 3.63) is 0 Å². The maximum Gasteiger partial charge on any atom is 0.323 e. The van der Waals surface area contributed by atoms with Gasteiger partial charge in [0.15, 0.2) is 0 Å². The quantitative estimate of drug-likeness (QED) is 0.805. The van der Waals surface area contributed by atoms with Gasteiger partial charge >= 0.3 is 12.0 Å². The number of hydrogen-bond acceptors (Lipinski definition) is 2. The van der Waals surface area contributed by atoms with Crippen LogP contribution in [-0.4, -0.2) is 41.1 Å². The maximum absolute atomic E-state index is 12.1. The summed E-state index contributed by atoms with van der Waals surface area (Å²) in [6.07, 6.45) is 3.03. The Morgan fingerprint density at radius 2 is 2.05 bits per heavy atom. The van der Waals surface area contributed by atoms with Crippen LogP contribution >= 0.6 is 0 Å². The SMILES string of the molecule is CC(C)CN(CC(=O)O)C(=O)NC1CCC(C)(C)C1. The van der Waals surface area contributed by atoms with Gasteiger partial charge in [0.25, 0.3) is 0 Å². The summed E-state index contributed by atoms with van der Waals surface area (Å²) >= 11 is 0. The van der Waals surface area contributed by atoms with E-state index in [1.165, 1.54) is 4.90 Å². The number of carbonyl (C=O) groups excluding carboxylic acids is 1. The molecule has 0 radical (unpaired) electrons. The van der Waals surface area contributed by atoms with Gasteiger partial charge in [-0.1, -0.05) is 27.7 Å². The molecule has 1 fully saturated rings. The second kappa shape index (κ2) is 6.26. The average Bonchev–Trinajstić information content (AvgIpc) is 2.55. The van der Waals surface area contributed by atoms with Gasteiger partial charge in [0.05, 0.1) is 0 Å². The fourth-order valence-corrected chi connectivity index (χ4v) is 2.65. The molecule has 1 atom stereocenters. The van der Waals surface area contributed by atoms with E-state index in [4.69, 9.17) is 5.11 Å². The second-order valence-electron chi connectivity index (χ2n) is 6.72. The summed E-state index contributed by atoms with van der Waals surface area (Å²) in [5, 5.41) is 11.8. The van der Waals surface area contributed by atoms with E-state index in [1.807, 2.05) is 13.8 Å². The fourth-order valence-electron chi connectivity index (χ4n) is 2.65. The van der Waals surface area contributed by atoms with Crippen LogP contribution in [0.25, 0.3) is 0 Å². The molecule has 110 valence electrons. The standard InChI is InChI=1S/C14H26N2O3/c1-10(2)8-16(9-12(17)18)13(19)15-11-5-6-14(3,4)7-11/h10-11H,5-9H2,1-4H3,(H,15,19)(H,17,18). The number of aliphatic carboxylic acids is 1. The minimum Gasteiger partial charge on any atom is -0.480 e. The predicted octanol–water partition coefficient (Wildman–Crippen LogP) is 2.32. The Kier molecular flexibility index (Phi) is 5.20. The molecule has 5 nitrogen and oxygen atoms in total. The third kappa shape index (κ3) is 5.49. The highest BCUT2D eigenvalue weighted by molar-refractivity contribution is 5.80. The number of hydrogen-bond donors (Lipinski definition) is 2. The zero-order valence-electron chi connectivity index (χ0n) is 12.4. The molecule has 1 aliphatic carbocycles. The molecular formula is C14H26N2O3. The van der Waals surface area contributed by atoms with Crippen molar-refractivity contribution in [2.45, 2.75) is 53.0 Å². The number of nitrogens with one attached hydrogen (secondary N) is 1. The van der Waals surface area contributed by atoms with Crippen molar-refractivity contribution in [3.8, 4) is 0 Å². The van der Waals surface area contributed by atoms with Crippen molar-refractivity contribution < 1.29 is 14.7 Å². The largest absolute Gasteiger partial charge is 0.480 e. The van der Waals surface area contributed by atoms with Gasteiger partial charge in [-0.25, -0.2) is 4.79 Å². The molecule has 0 spiro atoms. The monoisotopic (exact) mass is 270 g/mol. The summed E-state index contributed by atoms with van der Waals surface area (Å²) in [4.78, 5) is 24.3. The van der Waals surface area contributed by atoms with Gasteiger partial charge in [0.2, 0.25) is 0 Å². The molecule has 5 heteroatoms. The van der Waals surface area contributed by atoms with E-state index < -0.39 is 5.97 Å². The predicted molar refractivity (Wildman–Crippen MR) is 74.0 cm³/mol. The molecule has 0 aromatic rings. The van der Waals surface area contributed by atoms with Crippen LogP contribution in [0.15, 0.2) is 0 Å². The summed E-state index contributed by atoms with van der Waals surface area (Å²) in [7, 11) is 0. The van der Waals surface area contributed by atoms with Crippen molar-refractivity contribution in [1.82, 2.24) is 10.2 Å². The second-order valence-corrected chi connectivity index (χ2v) is 6.72. The smallest absolute Gasteiger partial charge is 0.323 e. The van der Waals surface area contributed by atoms with E-state index in [2.05, 4.69) is 19.2 Å². The van der Waals surface area contributed by atoms with E-state index in [0.29, 0.717) is 6.54 Å². The maximum atomic E-state index is 12.1. The molecule has 19 heavy (non-hydrogen) atoms. The zero-order valence-corrected chi connectivity index (χ0v) is 12.4. The summed E-state index contributed by atoms with van der Waals surface area (Å²) in [5.74, 6) is -0.715. The molecule has 0 heterocycles. The first-order chi connectivity index (χ1) is 8.69. The lowest BCUT2D eigenvalue weighted by molar-refractivity contribution is -0.137. The Balaban J connectivity index is 2.54. The third-order valence-electron chi connectivity index (χ3n) is 3.50. The van der Waals surface area contributed by atoms with Crippen molar-refractivity contribution in [2.24, 2.45) is 11.3 Å². The van der Waals surface area contributed by atoms with Gasteiger partial charge < -0.3 is 15.3 Å². The molecule has 0 saturated heterocycles. The van der Waals surface area contributed by atoms with Crippen molar-refractivity contribution in [3.63, 3.8) is 0 Å². The molecule has 2 amide bonds. The highest BCUT2D eigenvalue weighted by Gasteiger charge is 2.32. The first kappa shape index (κ1) is 15.8. The molecule has 1 rings (SSSR count). The van der Waals surface area contributed by atoms with E-state index in [-0.39, 0.29) is 30.0 Å². The molecular weight excluding hydrogens is 244 g/mol. The number of nitrogens with zero attached hydrogens (tertiary/aromatic N) is 1. The van der Waals surface area contributed by atoms with Crippen molar-refractivity contribution >= 4 is 12.0 Å². The normalized spacial score (nSPS) is 21.4. The van der Waals surface area contributed by atoms with Gasteiger partial charge in [-0.2, -0.15) is 0 Å². The highest BCUT2D eigenvalue weighted by Crippen LogP contribution is 2.36. The number of urea groups is 1. The molecule has 2 N–H and O–H groups in total. The fraction of sp³-hybridized carbons (Fsp3) is 0.857. The van der Waals surface area contributed by atoms with Crippen LogP contribution in [0, 0.1) is 11.3 Å². The summed E-state index contributed by atoms with van der Waals surface area (Å²) in [5.41, 5.74) is 0.271. The Hall–Kier alpha value is -1.26. The molecule has 1 saturated carbocycles. The lowest BCUT2D eigenvalue weighted by Gasteiger charge is -2.25. The van der Waals surface area contributed by atoms with E-state index in [9.17, 15) is 9.59 Å². The van der Waals surface area contributed by atoms with Gasteiger partial charge in [-0.15, -0.1) is 0 Å². The van der Waals surface area contributed by atoms with Crippen LogP contribution in [0.3, 0.4) is 0 Å². The van der Waals surface area contributed by atoms with Crippen LogP contribution in [0.4, 0.5) is 4.79 Å². The number of carboxylic acid groups (broad SMARTS) is 1. The molecule has 1 aliphatic rings. The zero-order chi connectivity index (χ0) is 14.6. The van der Waals surface area contributed by atoms with Crippen molar-refractivity contribution in [2.75, 3.05) is 13.1 Å². The van der Waals surface area contributed by atoms with Crippen LogP contribution in [0.1, 0.15) is 47.0 Å². The van der Waals surface area contributed by atoms with Crippen LogP contribution in [0.2, 0.25) is 0 Å². The van der Waals surface area contributed by atoms with Crippen LogP contribution < -0.4 is 5.32 Å². The molecule has 0 aliphatic heterocycles. The van der Waals surface area contributed by atoms with Gasteiger partial charge in [-0.3, -0.25) is 4.79 Å².